The number of nitrogens with one attached hydrogen (secondary N) is 1. The molecule has 0 bridgehead atoms. The van der Waals surface area contributed by atoms with Gasteiger partial charge in [0, 0.05) is 35.8 Å². The standard InChI is InChI=1S/C15H17FN2OS.ClH/c1-9-8-17-6-7-18(9)15(19)14-10(2)13-11(16)4-3-5-12(13)20-14;/h3-5,9,17H,6-8H2,1-2H3;1H. The Morgan fingerprint density at radius 3 is 2.90 bits per heavy atom. The Hall–Kier alpha value is -1.17. The average Bonchev–Trinajstić information content (AvgIpc) is 2.77. The third-order valence-corrected chi connectivity index (χ3v) is 5.10. The summed E-state index contributed by atoms with van der Waals surface area (Å²) in [4.78, 5) is 15.2. The summed E-state index contributed by atoms with van der Waals surface area (Å²) in [7, 11) is 0. The van der Waals surface area contributed by atoms with Crippen molar-refractivity contribution in [1.82, 2.24) is 10.2 Å². The first-order chi connectivity index (χ1) is 9.59. The van der Waals surface area contributed by atoms with Gasteiger partial charge in [-0.05, 0) is 31.5 Å². The Labute approximate surface area is 133 Å². The van der Waals surface area contributed by atoms with Gasteiger partial charge in [0.15, 0.2) is 0 Å². The number of hydrogen-bond acceptors (Lipinski definition) is 3. The predicted molar refractivity (Wildman–Crippen MR) is 87.1 cm³/mol. The maximum absolute atomic E-state index is 13.9. The molecule has 0 radical (unpaired) electrons. The van der Waals surface area contributed by atoms with Crippen molar-refractivity contribution in [2.75, 3.05) is 19.6 Å². The van der Waals surface area contributed by atoms with E-state index in [-0.39, 0.29) is 30.2 Å². The van der Waals surface area contributed by atoms with E-state index in [1.165, 1.54) is 17.4 Å². The van der Waals surface area contributed by atoms with Crippen LogP contribution in [0.4, 0.5) is 4.39 Å². The van der Waals surface area contributed by atoms with Crippen LogP contribution in [0.15, 0.2) is 18.2 Å². The number of nitrogens with zero attached hydrogens (tertiary/aromatic N) is 1. The fourth-order valence-electron chi connectivity index (χ4n) is 2.73. The van der Waals surface area contributed by atoms with E-state index >= 15 is 0 Å². The van der Waals surface area contributed by atoms with Crippen molar-refractivity contribution < 1.29 is 9.18 Å². The molecule has 1 amide bonds. The summed E-state index contributed by atoms with van der Waals surface area (Å²) < 4.78 is 14.8. The van der Waals surface area contributed by atoms with E-state index in [1.807, 2.05) is 24.8 Å². The zero-order valence-electron chi connectivity index (χ0n) is 12.0. The minimum atomic E-state index is -0.247. The van der Waals surface area contributed by atoms with Crippen LogP contribution in [0.3, 0.4) is 0 Å². The van der Waals surface area contributed by atoms with Crippen LogP contribution in [-0.2, 0) is 0 Å². The number of carbonyl (C=O) groups excluding carboxylic acids is 1. The van der Waals surface area contributed by atoms with Gasteiger partial charge in [-0.2, -0.15) is 0 Å². The number of thiophene rings is 1. The van der Waals surface area contributed by atoms with Crippen LogP contribution in [0.5, 0.6) is 0 Å². The van der Waals surface area contributed by atoms with Crippen molar-refractivity contribution in [2.45, 2.75) is 19.9 Å². The molecule has 3 nitrogen and oxygen atoms in total. The van der Waals surface area contributed by atoms with Gasteiger partial charge in [-0.3, -0.25) is 4.79 Å². The molecule has 114 valence electrons. The van der Waals surface area contributed by atoms with E-state index in [0.717, 1.165) is 23.4 Å². The topological polar surface area (TPSA) is 32.3 Å². The molecule has 1 aliphatic rings. The monoisotopic (exact) mass is 328 g/mol. The summed E-state index contributed by atoms with van der Waals surface area (Å²) >= 11 is 1.39. The first-order valence-electron chi connectivity index (χ1n) is 6.79. The first-order valence-corrected chi connectivity index (χ1v) is 7.60. The highest BCUT2D eigenvalue weighted by atomic mass is 35.5. The van der Waals surface area contributed by atoms with Gasteiger partial charge in [0.05, 0.1) is 4.88 Å². The van der Waals surface area contributed by atoms with Crippen LogP contribution >= 0.6 is 23.7 Å². The molecular weight excluding hydrogens is 311 g/mol. The molecule has 2 heterocycles. The lowest BCUT2D eigenvalue weighted by Gasteiger charge is -2.33. The van der Waals surface area contributed by atoms with E-state index in [4.69, 9.17) is 0 Å². The molecule has 0 spiro atoms. The van der Waals surface area contributed by atoms with E-state index in [1.54, 1.807) is 6.07 Å². The van der Waals surface area contributed by atoms with Crippen LogP contribution in [-0.4, -0.2) is 36.5 Å². The van der Waals surface area contributed by atoms with Crippen LogP contribution in [0, 0.1) is 12.7 Å². The van der Waals surface area contributed by atoms with Gasteiger partial charge in [0.2, 0.25) is 0 Å². The van der Waals surface area contributed by atoms with Crippen molar-refractivity contribution >= 4 is 39.7 Å². The second-order valence-corrected chi connectivity index (χ2v) is 6.27. The molecule has 0 aliphatic carbocycles. The molecule has 1 saturated heterocycles. The summed E-state index contributed by atoms with van der Waals surface area (Å²) in [6.45, 7) is 6.20. The minimum absolute atomic E-state index is 0. The number of fused-ring (bicyclic) bond motifs is 1. The van der Waals surface area contributed by atoms with Crippen molar-refractivity contribution in [3.05, 3.63) is 34.5 Å². The Morgan fingerprint density at radius 1 is 1.48 bits per heavy atom. The summed E-state index contributed by atoms with van der Waals surface area (Å²) in [6.07, 6.45) is 0. The maximum Gasteiger partial charge on any atom is 0.264 e. The van der Waals surface area contributed by atoms with Crippen LogP contribution in [0.1, 0.15) is 22.2 Å². The number of benzene rings is 1. The molecule has 6 heteroatoms. The van der Waals surface area contributed by atoms with Crippen molar-refractivity contribution in [2.24, 2.45) is 0 Å². The first kappa shape index (κ1) is 16.2. The van der Waals surface area contributed by atoms with Gasteiger partial charge in [0.1, 0.15) is 5.82 Å². The number of rotatable bonds is 1. The smallest absolute Gasteiger partial charge is 0.264 e. The molecule has 1 aliphatic heterocycles. The fraction of sp³-hybridized carbons (Fsp3) is 0.400. The highest BCUT2D eigenvalue weighted by Gasteiger charge is 2.27. The van der Waals surface area contributed by atoms with E-state index < -0.39 is 0 Å². The largest absolute Gasteiger partial charge is 0.333 e. The molecule has 1 atom stereocenters. The maximum atomic E-state index is 13.9. The summed E-state index contributed by atoms with van der Waals surface area (Å²) in [5.41, 5.74) is 0.763. The van der Waals surface area contributed by atoms with Crippen LogP contribution in [0.25, 0.3) is 10.1 Å². The Kier molecular flexibility index (Phi) is 4.86. The van der Waals surface area contributed by atoms with Gasteiger partial charge in [0.25, 0.3) is 5.91 Å². The van der Waals surface area contributed by atoms with E-state index in [0.29, 0.717) is 16.8 Å². The van der Waals surface area contributed by atoms with Crippen molar-refractivity contribution in [3.8, 4) is 0 Å². The lowest BCUT2D eigenvalue weighted by molar-refractivity contribution is 0.0660. The average molecular weight is 329 g/mol. The lowest BCUT2D eigenvalue weighted by Crippen LogP contribution is -2.52. The highest BCUT2D eigenvalue weighted by molar-refractivity contribution is 7.21. The third-order valence-electron chi connectivity index (χ3n) is 3.86. The predicted octanol–water partition coefficient (Wildman–Crippen LogP) is 3.20. The second-order valence-electron chi connectivity index (χ2n) is 5.22. The molecule has 3 rings (SSSR count). The fourth-order valence-corrected chi connectivity index (χ4v) is 3.91. The second kappa shape index (κ2) is 6.30. The number of amides is 1. The number of carbonyl (C=O) groups is 1. The third kappa shape index (κ3) is 2.78. The molecule has 2 aromatic rings. The Bertz CT molecular complexity index is 673. The number of aryl methyl sites for hydroxylation is 1. The van der Waals surface area contributed by atoms with E-state index in [9.17, 15) is 9.18 Å². The van der Waals surface area contributed by atoms with Crippen molar-refractivity contribution in [1.29, 1.82) is 0 Å². The summed E-state index contributed by atoms with van der Waals surface area (Å²) in [5, 5.41) is 3.86. The lowest BCUT2D eigenvalue weighted by atomic mass is 10.1. The van der Waals surface area contributed by atoms with Crippen LogP contribution < -0.4 is 5.32 Å². The molecule has 1 aromatic heterocycles. The van der Waals surface area contributed by atoms with Gasteiger partial charge in [-0.1, -0.05) is 6.07 Å². The number of halogens is 2. The van der Waals surface area contributed by atoms with Crippen LogP contribution in [0.2, 0.25) is 0 Å². The zero-order chi connectivity index (χ0) is 14.3. The Morgan fingerprint density at radius 2 is 2.24 bits per heavy atom. The SMILES string of the molecule is Cc1c(C(=O)N2CCNCC2C)sc2cccc(F)c12.Cl. The molecule has 21 heavy (non-hydrogen) atoms. The van der Waals surface area contributed by atoms with Crippen molar-refractivity contribution in [3.63, 3.8) is 0 Å². The summed E-state index contributed by atoms with van der Waals surface area (Å²) in [5.74, 6) is -0.222. The quantitative estimate of drug-likeness (QED) is 0.872. The molecule has 1 aromatic carbocycles. The normalized spacial score (nSPS) is 18.6. The Balaban J connectivity index is 0.00000161. The summed E-state index contributed by atoms with van der Waals surface area (Å²) in [6, 6.07) is 5.18. The van der Waals surface area contributed by atoms with Gasteiger partial charge in [-0.25, -0.2) is 4.39 Å². The number of piperazine rings is 1. The van der Waals surface area contributed by atoms with Gasteiger partial charge >= 0.3 is 0 Å². The molecule has 1 unspecified atom stereocenters. The zero-order valence-corrected chi connectivity index (χ0v) is 13.6. The molecule has 0 saturated carbocycles. The number of hydrogen-bond donors (Lipinski definition) is 1. The highest BCUT2D eigenvalue weighted by Crippen LogP contribution is 2.33. The van der Waals surface area contributed by atoms with E-state index in [2.05, 4.69) is 5.32 Å². The van der Waals surface area contributed by atoms with Gasteiger partial charge < -0.3 is 10.2 Å². The molecule has 1 fully saturated rings. The molecule has 1 N–H and O–H groups in total. The van der Waals surface area contributed by atoms with Gasteiger partial charge in [-0.15, -0.1) is 23.7 Å². The molecular formula is C15H18ClFN2OS. The minimum Gasteiger partial charge on any atom is -0.333 e.